The number of ether oxygens (including phenoxy) is 4. The molecule has 9 heteroatoms. The molecule has 0 aromatic heterocycles. The Bertz CT molecular complexity index is 1450. The van der Waals surface area contributed by atoms with Gasteiger partial charge in [-0.3, -0.25) is 4.79 Å². The van der Waals surface area contributed by atoms with Gasteiger partial charge in [0.05, 0.1) is 28.6 Å². The Labute approximate surface area is 278 Å². The molecule has 0 saturated carbocycles. The normalized spacial score (nSPS) is 44.6. The van der Waals surface area contributed by atoms with E-state index >= 15 is 0 Å². The van der Waals surface area contributed by atoms with Gasteiger partial charge in [-0.1, -0.05) is 74.9 Å². The Morgan fingerprint density at radius 1 is 1.24 bits per heavy atom. The quantitative estimate of drug-likeness (QED) is 0.228. The van der Waals surface area contributed by atoms with Gasteiger partial charge in [0.2, 0.25) is 0 Å². The predicted octanol–water partition coefficient (Wildman–Crippen LogP) is 5.73. The fraction of sp³-hybridized carbons (Fsp3) is 0.676. The van der Waals surface area contributed by atoms with Crippen molar-refractivity contribution in [1.29, 1.82) is 0 Å². The summed E-state index contributed by atoms with van der Waals surface area (Å²) >= 11 is 0. The number of esters is 1. The van der Waals surface area contributed by atoms with Crippen molar-refractivity contribution < 1.29 is 42.9 Å². The van der Waals surface area contributed by atoms with Gasteiger partial charge < -0.3 is 34.0 Å². The van der Waals surface area contributed by atoms with Crippen LogP contribution in [-0.2, 0) is 28.6 Å². The van der Waals surface area contributed by atoms with Crippen LogP contribution in [0.5, 0.6) is 0 Å². The molecule has 0 aromatic carbocycles. The van der Waals surface area contributed by atoms with Crippen molar-refractivity contribution in [3.63, 3.8) is 0 Å². The van der Waals surface area contributed by atoms with Crippen LogP contribution < -0.4 is 0 Å². The van der Waals surface area contributed by atoms with Crippen LogP contribution in [0, 0.1) is 23.7 Å². The second-order valence-corrected chi connectivity index (χ2v) is 14.4. The van der Waals surface area contributed by atoms with Crippen LogP contribution >= 0.6 is 0 Å². The molecule has 0 radical (unpaired) electrons. The number of hydrogen-bond donors (Lipinski definition) is 2. The molecule has 0 aromatic rings. The first-order chi connectivity index (χ1) is 22.9. The molecule has 2 N–H and O–H groups in total. The molecular formula is C37H53NO8. The average molecular weight is 643 g/mol. The van der Waals surface area contributed by atoms with Crippen LogP contribution in [0.3, 0.4) is 0 Å². The summed E-state index contributed by atoms with van der Waals surface area (Å²) in [5, 5.41) is 27.3. The van der Waals surface area contributed by atoms with E-state index in [2.05, 4.69) is 51.1 Å². The fourth-order valence-corrected chi connectivity index (χ4v) is 7.88. The molecule has 4 heterocycles. The van der Waals surface area contributed by atoms with Gasteiger partial charge in [-0.05, 0) is 62.2 Å². The maximum absolute atomic E-state index is 14.2. The minimum atomic E-state index is -2.73. The smallest absolute Gasteiger partial charge is 0.316 e. The molecule has 4 aliphatic heterocycles. The van der Waals surface area contributed by atoms with Gasteiger partial charge in [0.1, 0.15) is 36.9 Å². The number of rotatable bonds is 3. The van der Waals surface area contributed by atoms with Crippen molar-refractivity contribution >= 4 is 11.7 Å². The van der Waals surface area contributed by atoms with Crippen molar-refractivity contribution in [3.8, 4) is 0 Å². The molecule has 46 heavy (non-hydrogen) atoms. The maximum atomic E-state index is 14.2. The Morgan fingerprint density at radius 3 is 2.76 bits per heavy atom. The van der Waals surface area contributed by atoms with Gasteiger partial charge >= 0.3 is 5.97 Å². The van der Waals surface area contributed by atoms with Gasteiger partial charge in [0.25, 0.3) is 0 Å². The van der Waals surface area contributed by atoms with E-state index in [4.69, 9.17) is 27.9 Å². The molecule has 0 amide bonds. The molecule has 0 unspecified atom stereocenters. The number of allylic oxidation sites excluding steroid dienone is 5. The highest BCUT2D eigenvalue weighted by Crippen LogP contribution is 2.47. The summed E-state index contributed by atoms with van der Waals surface area (Å²) < 4.78 is 48.7. The van der Waals surface area contributed by atoms with Gasteiger partial charge in [-0.25, -0.2) is 0 Å². The molecule has 2 bridgehead atoms. The first-order valence-corrected chi connectivity index (χ1v) is 16.6. The summed E-state index contributed by atoms with van der Waals surface area (Å²) in [7, 11) is -2.73. The Morgan fingerprint density at radius 2 is 2.02 bits per heavy atom. The third-order valence-electron chi connectivity index (χ3n) is 10.1. The number of aliphatic hydroxyl groups excluding tert-OH is 1. The molecule has 5 rings (SSSR count). The number of oxime groups is 1. The van der Waals surface area contributed by atoms with E-state index in [9.17, 15) is 15.0 Å². The fourth-order valence-electron chi connectivity index (χ4n) is 7.88. The lowest BCUT2D eigenvalue weighted by Crippen LogP contribution is -2.59. The maximum Gasteiger partial charge on any atom is 0.316 e. The predicted molar refractivity (Wildman–Crippen MR) is 176 cm³/mol. The van der Waals surface area contributed by atoms with Crippen molar-refractivity contribution in [2.45, 2.75) is 122 Å². The third kappa shape index (κ3) is 6.99. The summed E-state index contributed by atoms with van der Waals surface area (Å²) in [6.45, 7) is 14.0. The number of fused-ring (bicyclic) bond motifs is 2. The van der Waals surface area contributed by atoms with Gasteiger partial charge in [-0.2, -0.15) is 0 Å². The standard InChI is InChI=1S/C37H53NO8/c1-21(2)14-25(6)33-26(7)31(38-42-8)19-36(46-33)18-29-17-28(45-36)13-12-23(4)15-22(3)10-9-11-27-20-43-34-32(39)24(5)16-30(35(40)44-29)37(27,34)41/h9-12,14,16,21-22,26,28-30,32-34,39,41H,13,15,17-20H2,1-8H3/b10-9+,23-12+,25-14+,27-11?,38-31+/t22-,26-,28+,29-,30-,32+,33+,34+,36-,37+/m0/s1/i8D3. The number of hydrogen-bond acceptors (Lipinski definition) is 9. The molecule has 1 aliphatic carbocycles. The van der Waals surface area contributed by atoms with Crippen molar-refractivity contribution in [3.05, 3.63) is 58.7 Å². The monoisotopic (exact) mass is 642 g/mol. The van der Waals surface area contributed by atoms with Crippen LogP contribution in [0.25, 0.3) is 0 Å². The highest BCUT2D eigenvalue weighted by Gasteiger charge is 2.60. The van der Waals surface area contributed by atoms with Crippen molar-refractivity contribution in [1.82, 2.24) is 0 Å². The summed E-state index contributed by atoms with van der Waals surface area (Å²) in [5.74, 6) is -2.94. The van der Waals surface area contributed by atoms with Gasteiger partial charge in [0, 0.05) is 25.2 Å². The lowest BCUT2D eigenvalue weighted by molar-refractivity contribution is -0.313. The van der Waals surface area contributed by atoms with E-state index in [0.29, 0.717) is 29.7 Å². The Balaban J connectivity index is 1.56. The van der Waals surface area contributed by atoms with Gasteiger partial charge in [0.15, 0.2) is 5.79 Å². The van der Waals surface area contributed by atoms with Crippen molar-refractivity contribution in [2.75, 3.05) is 13.6 Å². The summed E-state index contributed by atoms with van der Waals surface area (Å²) in [6, 6.07) is 0. The third-order valence-corrected chi connectivity index (χ3v) is 10.1. The molecular weight excluding hydrogens is 586 g/mol. The Kier molecular flexibility index (Phi) is 9.29. The molecule has 3 saturated heterocycles. The number of carbonyl (C=O) groups is 1. The van der Waals surface area contributed by atoms with E-state index in [1.807, 2.05) is 19.9 Å². The number of nitrogens with zero attached hydrogens (tertiary/aromatic N) is 1. The molecule has 3 fully saturated rings. The first kappa shape index (κ1) is 30.8. The zero-order valence-corrected chi connectivity index (χ0v) is 28.2. The summed E-state index contributed by atoms with van der Waals surface area (Å²) in [4.78, 5) is 19.2. The van der Waals surface area contributed by atoms with E-state index < -0.39 is 60.8 Å². The van der Waals surface area contributed by atoms with Crippen LogP contribution in [0.1, 0.15) is 84.7 Å². The van der Waals surface area contributed by atoms with Crippen LogP contribution in [0.4, 0.5) is 0 Å². The summed E-state index contributed by atoms with van der Waals surface area (Å²) in [6.07, 6.45) is 9.89. The van der Waals surface area contributed by atoms with E-state index in [-0.39, 0.29) is 37.2 Å². The highest BCUT2D eigenvalue weighted by atomic mass is 16.7. The lowest BCUT2D eigenvalue weighted by Gasteiger charge is -2.50. The lowest BCUT2D eigenvalue weighted by atomic mass is 9.71. The molecule has 254 valence electrons. The van der Waals surface area contributed by atoms with Crippen LogP contribution in [-0.4, -0.2) is 77.4 Å². The second-order valence-electron chi connectivity index (χ2n) is 14.4. The van der Waals surface area contributed by atoms with Crippen molar-refractivity contribution in [2.24, 2.45) is 28.8 Å². The zero-order valence-electron chi connectivity index (χ0n) is 31.2. The molecule has 1 spiro atoms. The SMILES string of the molecule is [2H]C([2H])([2H])O/N=C1\C[C@]2(C[C@@H]3C[C@@H](C/C=C(\C)C[C@@H](C)/C=C/C=C4CO[C@@H]5[C@H](O)C(C)=C[C@@H](C(=O)O3)[C@]45O)O2)O[C@H](/C(C)=C/C(C)C)[C@H]1C. The van der Waals surface area contributed by atoms with Gasteiger partial charge in [-0.15, -0.1) is 0 Å². The number of carbonyl (C=O) groups excluding carboxylic acids is 1. The molecule has 10 atom stereocenters. The van der Waals surface area contributed by atoms with E-state index in [1.165, 1.54) is 5.57 Å². The number of aliphatic hydroxyl groups is 2. The average Bonchev–Trinajstić information content (AvgIpc) is 3.33. The van der Waals surface area contributed by atoms with E-state index in [0.717, 1.165) is 12.0 Å². The second kappa shape index (κ2) is 13.9. The van der Waals surface area contributed by atoms with Crippen LogP contribution in [0.15, 0.2) is 63.9 Å². The molecule has 5 aliphatic rings. The van der Waals surface area contributed by atoms with E-state index in [1.54, 1.807) is 19.1 Å². The summed E-state index contributed by atoms with van der Waals surface area (Å²) in [5.41, 5.74) is 1.83. The topological polar surface area (TPSA) is 116 Å². The Hall–Kier alpha value is -2.56. The first-order valence-electron chi connectivity index (χ1n) is 18.1. The van der Waals surface area contributed by atoms with Crippen LogP contribution in [0.2, 0.25) is 0 Å². The minimum absolute atomic E-state index is 0.0698. The minimum Gasteiger partial charge on any atom is -0.462 e. The molecule has 9 nitrogen and oxygen atoms in total. The highest BCUT2D eigenvalue weighted by molar-refractivity contribution is 5.88. The zero-order chi connectivity index (χ0) is 35.9. The largest absolute Gasteiger partial charge is 0.462 e.